The molecule has 1 aromatic heterocycles. The number of hydrogen-bond acceptors (Lipinski definition) is 6. The van der Waals surface area contributed by atoms with E-state index in [9.17, 15) is 9.90 Å². The third-order valence-corrected chi connectivity index (χ3v) is 4.48. The van der Waals surface area contributed by atoms with Gasteiger partial charge in [-0.3, -0.25) is 10.2 Å². The second-order valence-electron chi connectivity index (χ2n) is 6.03. The van der Waals surface area contributed by atoms with Crippen LogP contribution in [0.25, 0.3) is 0 Å². The average molecular weight is 346 g/mol. The zero-order chi connectivity index (χ0) is 17.8. The summed E-state index contributed by atoms with van der Waals surface area (Å²) < 4.78 is 5.47. The van der Waals surface area contributed by atoms with Gasteiger partial charge in [0.25, 0.3) is 0 Å². The third-order valence-electron chi connectivity index (χ3n) is 4.48. The third kappa shape index (κ3) is 3.85. The van der Waals surface area contributed by atoms with E-state index in [1.807, 2.05) is 18.2 Å². The summed E-state index contributed by atoms with van der Waals surface area (Å²) in [5, 5.41) is 22.3. The van der Waals surface area contributed by atoms with Gasteiger partial charge in [-0.25, -0.2) is 0 Å². The molecule has 1 aliphatic heterocycles. The molecule has 1 amide bonds. The predicted octanol–water partition coefficient (Wildman–Crippen LogP) is 1.17. The lowest BCUT2D eigenvalue weighted by molar-refractivity contribution is -0.135. The average Bonchev–Trinajstić information content (AvgIpc) is 3.06. The van der Waals surface area contributed by atoms with Crippen LogP contribution in [0.2, 0.25) is 0 Å². The van der Waals surface area contributed by atoms with Gasteiger partial charge in [-0.2, -0.15) is 9.89 Å². The SMILES string of the molecule is COc1cc(C2CCN(C(=O)CO)CC2)ccc1Nn1cc(O)cn1. The Balaban J connectivity index is 1.70. The lowest BCUT2D eigenvalue weighted by Crippen LogP contribution is -2.39. The van der Waals surface area contributed by atoms with Crippen molar-refractivity contribution in [2.24, 2.45) is 0 Å². The fourth-order valence-corrected chi connectivity index (χ4v) is 3.11. The molecule has 2 heterocycles. The molecule has 8 heteroatoms. The summed E-state index contributed by atoms with van der Waals surface area (Å²) in [4.78, 5) is 14.7. The fourth-order valence-electron chi connectivity index (χ4n) is 3.11. The highest BCUT2D eigenvalue weighted by atomic mass is 16.5. The molecule has 0 spiro atoms. The minimum absolute atomic E-state index is 0.0762. The molecule has 0 aliphatic carbocycles. The van der Waals surface area contributed by atoms with Gasteiger partial charge in [-0.05, 0) is 36.5 Å². The Hall–Kier alpha value is -2.74. The van der Waals surface area contributed by atoms with E-state index in [-0.39, 0.29) is 11.7 Å². The molecule has 0 saturated carbocycles. The standard InChI is InChI=1S/C17H22N4O4/c1-25-16-8-13(12-4-6-20(7-5-12)17(24)11-22)2-3-15(16)19-21-10-14(23)9-18-21/h2-3,8-10,12,19,22-23H,4-7,11H2,1H3. The Labute approximate surface area is 145 Å². The van der Waals surface area contributed by atoms with E-state index in [1.54, 1.807) is 12.0 Å². The molecule has 134 valence electrons. The summed E-state index contributed by atoms with van der Waals surface area (Å²) in [6.07, 6.45) is 4.51. The Morgan fingerprint density at radius 1 is 1.40 bits per heavy atom. The van der Waals surface area contributed by atoms with Gasteiger partial charge in [0.15, 0.2) is 5.75 Å². The number of methoxy groups -OCH3 is 1. The van der Waals surface area contributed by atoms with Crippen LogP contribution in [0.1, 0.15) is 24.3 Å². The number of piperidine rings is 1. The fraction of sp³-hybridized carbons (Fsp3) is 0.412. The Morgan fingerprint density at radius 2 is 2.16 bits per heavy atom. The van der Waals surface area contributed by atoms with Gasteiger partial charge < -0.3 is 19.8 Å². The maximum atomic E-state index is 11.6. The van der Waals surface area contributed by atoms with Gasteiger partial charge in [0.1, 0.15) is 12.4 Å². The van der Waals surface area contributed by atoms with E-state index in [4.69, 9.17) is 9.84 Å². The lowest BCUT2D eigenvalue weighted by atomic mass is 9.89. The van der Waals surface area contributed by atoms with E-state index in [2.05, 4.69) is 10.5 Å². The predicted molar refractivity (Wildman–Crippen MR) is 91.5 cm³/mol. The van der Waals surface area contributed by atoms with E-state index < -0.39 is 6.61 Å². The van der Waals surface area contributed by atoms with Crippen LogP contribution in [0, 0.1) is 0 Å². The number of nitrogens with zero attached hydrogens (tertiary/aromatic N) is 3. The maximum absolute atomic E-state index is 11.6. The molecular weight excluding hydrogens is 324 g/mol. The van der Waals surface area contributed by atoms with Crippen molar-refractivity contribution in [1.82, 2.24) is 14.8 Å². The number of aromatic nitrogens is 2. The topological polar surface area (TPSA) is 99.8 Å². The number of aliphatic hydroxyl groups excluding tert-OH is 1. The second kappa shape index (κ2) is 7.43. The van der Waals surface area contributed by atoms with Crippen LogP contribution in [0.3, 0.4) is 0 Å². The van der Waals surface area contributed by atoms with E-state index in [1.165, 1.54) is 17.2 Å². The van der Waals surface area contributed by atoms with Crippen molar-refractivity contribution in [3.8, 4) is 11.5 Å². The first-order valence-electron chi connectivity index (χ1n) is 8.18. The summed E-state index contributed by atoms with van der Waals surface area (Å²) >= 11 is 0. The number of aliphatic hydroxyl groups is 1. The number of aromatic hydroxyl groups is 1. The molecule has 3 rings (SSSR count). The summed E-state index contributed by atoms with van der Waals surface area (Å²) in [5.74, 6) is 0.895. The maximum Gasteiger partial charge on any atom is 0.248 e. The molecule has 0 radical (unpaired) electrons. The highest BCUT2D eigenvalue weighted by molar-refractivity contribution is 5.77. The Kier molecular flexibility index (Phi) is 5.08. The number of carbonyl (C=O) groups excluding carboxylic acids is 1. The number of likely N-dealkylation sites (tertiary alicyclic amines) is 1. The summed E-state index contributed by atoms with van der Waals surface area (Å²) in [5.41, 5.74) is 4.94. The molecule has 0 atom stereocenters. The molecule has 0 unspecified atom stereocenters. The number of hydrogen-bond donors (Lipinski definition) is 3. The van der Waals surface area contributed by atoms with Gasteiger partial charge in [-0.15, -0.1) is 0 Å². The van der Waals surface area contributed by atoms with Gasteiger partial charge in [0.05, 0.1) is 25.2 Å². The highest BCUT2D eigenvalue weighted by Gasteiger charge is 2.24. The molecule has 1 aliphatic rings. The van der Waals surface area contributed by atoms with Crippen molar-refractivity contribution in [1.29, 1.82) is 0 Å². The van der Waals surface area contributed by atoms with Crippen molar-refractivity contribution in [2.75, 3.05) is 32.2 Å². The molecule has 25 heavy (non-hydrogen) atoms. The molecule has 0 bridgehead atoms. The molecule has 1 saturated heterocycles. The largest absolute Gasteiger partial charge is 0.505 e. The van der Waals surface area contributed by atoms with Crippen molar-refractivity contribution >= 4 is 11.6 Å². The molecule has 1 fully saturated rings. The van der Waals surface area contributed by atoms with Gasteiger partial charge in [-0.1, -0.05) is 6.07 Å². The van der Waals surface area contributed by atoms with Crippen LogP contribution in [-0.4, -0.2) is 57.7 Å². The molecule has 1 aromatic carbocycles. The monoisotopic (exact) mass is 346 g/mol. The first-order valence-corrected chi connectivity index (χ1v) is 8.18. The first-order chi connectivity index (χ1) is 12.1. The lowest BCUT2D eigenvalue weighted by Gasteiger charge is -2.32. The molecule has 8 nitrogen and oxygen atoms in total. The van der Waals surface area contributed by atoms with Crippen molar-refractivity contribution < 1.29 is 19.7 Å². The number of rotatable bonds is 5. The Bertz CT molecular complexity index is 738. The normalized spacial score (nSPS) is 15.2. The number of anilines is 1. The minimum atomic E-state index is -0.429. The number of carbonyl (C=O) groups is 1. The summed E-state index contributed by atoms with van der Waals surface area (Å²) in [6, 6.07) is 5.93. The minimum Gasteiger partial charge on any atom is -0.505 e. The van der Waals surface area contributed by atoms with Crippen LogP contribution in [-0.2, 0) is 4.79 Å². The van der Waals surface area contributed by atoms with Gasteiger partial charge >= 0.3 is 0 Å². The number of nitrogens with one attached hydrogen (secondary N) is 1. The second-order valence-corrected chi connectivity index (χ2v) is 6.03. The van der Waals surface area contributed by atoms with Gasteiger partial charge in [0, 0.05) is 13.1 Å². The summed E-state index contributed by atoms with van der Waals surface area (Å²) in [7, 11) is 1.60. The molecule has 3 N–H and O–H groups in total. The zero-order valence-corrected chi connectivity index (χ0v) is 14.1. The van der Waals surface area contributed by atoms with Crippen molar-refractivity contribution in [2.45, 2.75) is 18.8 Å². The Morgan fingerprint density at radius 3 is 2.76 bits per heavy atom. The number of ether oxygens (including phenoxy) is 1. The van der Waals surface area contributed by atoms with E-state index >= 15 is 0 Å². The van der Waals surface area contributed by atoms with E-state index in [0.29, 0.717) is 24.8 Å². The van der Waals surface area contributed by atoms with E-state index in [0.717, 1.165) is 24.1 Å². The van der Waals surface area contributed by atoms with Crippen LogP contribution < -0.4 is 10.2 Å². The van der Waals surface area contributed by atoms with Crippen LogP contribution in [0.15, 0.2) is 30.6 Å². The quantitative estimate of drug-likeness (QED) is 0.751. The first kappa shape index (κ1) is 17.1. The highest BCUT2D eigenvalue weighted by Crippen LogP contribution is 2.34. The van der Waals surface area contributed by atoms with Crippen LogP contribution >= 0.6 is 0 Å². The van der Waals surface area contributed by atoms with Crippen LogP contribution in [0.4, 0.5) is 5.69 Å². The summed E-state index contributed by atoms with van der Waals surface area (Å²) in [6.45, 7) is 0.875. The van der Waals surface area contributed by atoms with Gasteiger partial charge in [0.2, 0.25) is 5.91 Å². The van der Waals surface area contributed by atoms with Crippen LogP contribution in [0.5, 0.6) is 11.5 Å². The zero-order valence-electron chi connectivity index (χ0n) is 14.1. The molecular formula is C17H22N4O4. The van der Waals surface area contributed by atoms with Crippen molar-refractivity contribution in [3.63, 3.8) is 0 Å². The number of amides is 1. The number of benzene rings is 1. The molecule has 2 aromatic rings. The smallest absolute Gasteiger partial charge is 0.248 e. The van der Waals surface area contributed by atoms with Crippen molar-refractivity contribution in [3.05, 3.63) is 36.2 Å².